The minimum atomic E-state index is 0.00117. The average molecular weight is 343 g/mol. The van der Waals surface area contributed by atoms with Gasteiger partial charge in [0.1, 0.15) is 0 Å². The highest BCUT2D eigenvalue weighted by atomic mass is 16.2. The summed E-state index contributed by atoms with van der Waals surface area (Å²) in [5.41, 5.74) is 2.52. The SMILES string of the molecule is Cc1cc(NCC(=O)N(C2CCCC2)C2CC2)ccc1C(=O)N(C)C. The minimum Gasteiger partial charge on any atom is -0.376 e. The summed E-state index contributed by atoms with van der Waals surface area (Å²) in [5, 5.41) is 3.25. The van der Waals surface area contributed by atoms with E-state index >= 15 is 0 Å². The van der Waals surface area contributed by atoms with Crippen molar-refractivity contribution in [3.05, 3.63) is 29.3 Å². The van der Waals surface area contributed by atoms with Crippen molar-refractivity contribution in [2.24, 2.45) is 0 Å². The van der Waals surface area contributed by atoms with Gasteiger partial charge in [0.25, 0.3) is 5.91 Å². The van der Waals surface area contributed by atoms with E-state index in [1.54, 1.807) is 19.0 Å². The lowest BCUT2D eigenvalue weighted by Crippen LogP contribution is -2.43. The molecule has 0 spiro atoms. The van der Waals surface area contributed by atoms with Gasteiger partial charge in [-0.2, -0.15) is 0 Å². The van der Waals surface area contributed by atoms with Gasteiger partial charge in [0.2, 0.25) is 5.91 Å². The third kappa shape index (κ3) is 4.14. The predicted molar refractivity (Wildman–Crippen MR) is 99.8 cm³/mol. The maximum Gasteiger partial charge on any atom is 0.253 e. The molecule has 0 unspecified atom stereocenters. The second-order valence-corrected chi connectivity index (χ2v) is 7.55. The molecule has 5 heteroatoms. The van der Waals surface area contributed by atoms with Crippen LogP contribution in [0, 0.1) is 6.92 Å². The van der Waals surface area contributed by atoms with Gasteiger partial charge in [-0.15, -0.1) is 0 Å². The fourth-order valence-electron chi connectivity index (χ4n) is 3.76. The van der Waals surface area contributed by atoms with Gasteiger partial charge in [-0.25, -0.2) is 0 Å². The lowest BCUT2D eigenvalue weighted by atomic mass is 10.1. The Hall–Kier alpha value is -2.04. The van der Waals surface area contributed by atoms with Crippen LogP contribution in [-0.2, 0) is 4.79 Å². The largest absolute Gasteiger partial charge is 0.376 e. The molecule has 25 heavy (non-hydrogen) atoms. The van der Waals surface area contributed by atoms with E-state index in [9.17, 15) is 9.59 Å². The van der Waals surface area contributed by atoms with E-state index < -0.39 is 0 Å². The smallest absolute Gasteiger partial charge is 0.253 e. The fraction of sp³-hybridized carbons (Fsp3) is 0.600. The molecule has 2 fully saturated rings. The summed E-state index contributed by atoms with van der Waals surface area (Å²) >= 11 is 0. The van der Waals surface area contributed by atoms with Crippen LogP contribution < -0.4 is 5.32 Å². The molecule has 0 saturated heterocycles. The Balaban J connectivity index is 1.61. The van der Waals surface area contributed by atoms with Gasteiger partial charge in [-0.3, -0.25) is 9.59 Å². The first-order valence-corrected chi connectivity index (χ1v) is 9.34. The zero-order valence-electron chi connectivity index (χ0n) is 15.5. The molecule has 0 aromatic heterocycles. The quantitative estimate of drug-likeness (QED) is 0.864. The Morgan fingerprint density at radius 2 is 1.72 bits per heavy atom. The van der Waals surface area contributed by atoms with Crippen LogP contribution in [0.25, 0.3) is 0 Å². The van der Waals surface area contributed by atoms with Crippen molar-refractivity contribution in [3.63, 3.8) is 0 Å². The van der Waals surface area contributed by atoms with Gasteiger partial charge < -0.3 is 15.1 Å². The highest BCUT2D eigenvalue weighted by molar-refractivity contribution is 5.95. The van der Waals surface area contributed by atoms with Gasteiger partial charge in [0.05, 0.1) is 6.54 Å². The predicted octanol–water partition coefficient (Wildman–Crippen LogP) is 3.04. The maximum absolute atomic E-state index is 12.7. The van der Waals surface area contributed by atoms with Gasteiger partial charge >= 0.3 is 0 Å². The summed E-state index contributed by atoms with van der Waals surface area (Å²) < 4.78 is 0. The van der Waals surface area contributed by atoms with Crippen molar-refractivity contribution in [2.75, 3.05) is 26.0 Å². The maximum atomic E-state index is 12.7. The molecule has 0 aliphatic heterocycles. The molecular formula is C20H29N3O2. The van der Waals surface area contributed by atoms with E-state index in [-0.39, 0.29) is 11.8 Å². The molecule has 0 heterocycles. The van der Waals surface area contributed by atoms with E-state index in [0.29, 0.717) is 24.2 Å². The van der Waals surface area contributed by atoms with Gasteiger partial charge in [0.15, 0.2) is 0 Å². The van der Waals surface area contributed by atoms with Gasteiger partial charge in [-0.1, -0.05) is 12.8 Å². The van der Waals surface area contributed by atoms with Crippen molar-refractivity contribution >= 4 is 17.5 Å². The van der Waals surface area contributed by atoms with Crippen LogP contribution in [0.5, 0.6) is 0 Å². The first kappa shape index (κ1) is 17.8. The van der Waals surface area contributed by atoms with Crippen molar-refractivity contribution in [2.45, 2.75) is 57.5 Å². The summed E-state index contributed by atoms with van der Waals surface area (Å²) in [4.78, 5) is 28.6. The van der Waals surface area contributed by atoms with Crippen molar-refractivity contribution < 1.29 is 9.59 Å². The Bertz CT molecular complexity index is 646. The monoisotopic (exact) mass is 343 g/mol. The van der Waals surface area contributed by atoms with Crippen molar-refractivity contribution in [1.29, 1.82) is 0 Å². The second-order valence-electron chi connectivity index (χ2n) is 7.55. The van der Waals surface area contributed by atoms with E-state index in [2.05, 4.69) is 10.2 Å². The van der Waals surface area contributed by atoms with Crippen LogP contribution in [0.15, 0.2) is 18.2 Å². The number of nitrogens with zero attached hydrogens (tertiary/aromatic N) is 2. The number of hydrogen-bond acceptors (Lipinski definition) is 3. The molecule has 1 aromatic carbocycles. The van der Waals surface area contributed by atoms with Crippen LogP contribution in [-0.4, -0.2) is 54.3 Å². The van der Waals surface area contributed by atoms with Crippen LogP contribution in [0.4, 0.5) is 5.69 Å². The molecule has 0 radical (unpaired) electrons. The molecule has 1 aromatic rings. The third-order valence-electron chi connectivity index (χ3n) is 5.25. The zero-order chi connectivity index (χ0) is 18.0. The first-order chi connectivity index (χ1) is 12.0. The molecule has 1 N–H and O–H groups in total. The summed E-state index contributed by atoms with van der Waals surface area (Å²) in [7, 11) is 3.50. The average Bonchev–Trinajstić information content (AvgIpc) is 3.26. The number of benzene rings is 1. The molecule has 0 bridgehead atoms. The lowest BCUT2D eigenvalue weighted by Gasteiger charge is -2.29. The van der Waals surface area contributed by atoms with Crippen LogP contribution in [0.1, 0.15) is 54.4 Å². The molecule has 2 aliphatic rings. The number of carbonyl (C=O) groups is 2. The van der Waals surface area contributed by atoms with Gasteiger partial charge in [-0.05, 0) is 56.4 Å². The number of rotatable bonds is 6. The van der Waals surface area contributed by atoms with E-state index in [1.165, 1.54) is 12.8 Å². The van der Waals surface area contributed by atoms with E-state index in [0.717, 1.165) is 36.9 Å². The van der Waals surface area contributed by atoms with Crippen LogP contribution in [0.3, 0.4) is 0 Å². The van der Waals surface area contributed by atoms with Crippen LogP contribution in [0.2, 0.25) is 0 Å². The van der Waals surface area contributed by atoms with Gasteiger partial charge in [0, 0.05) is 37.4 Å². The summed E-state index contributed by atoms with van der Waals surface area (Å²) in [6.07, 6.45) is 7.11. The Morgan fingerprint density at radius 1 is 1.08 bits per heavy atom. The molecule has 3 rings (SSSR count). The highest BCUT2D eigenvalue weighted by Gasteiger charge is 2.37. The van der Waals surface area contributed by atoms with Crippen LogP contribution >= 0.6 is 0 Å². The lowest BCUT2D eigenvalue weighted by molar-refractivity contribution is -0.132. The first-order valence-electron chi connectivity index (χ1n) is 9.34. The number of hydrogen-bond donors (Lipinski definition) is 1. The number of anilines is 1. The Labute approximate surface area is 150 Å². The van der Waals surface area contributed by atoms with Crippen molar-refractivity contribution in [1.82, 2.24) is 9.80 Å². The van der Waals surface area contributed by atoms with E-state index in [1.807, 2.05) is 25.1 Å². The second kappa shape index (κ2) is 7.46. The molecule has 2 aliphatic carbocycles. The normalized spacial score (nSPS) is 17.4. The fourth-order valence-corrected chi connectivity index (χ4v) is 3.76. The summed E-state index contributed by atoms with van der Waals surface area (Å²) in [5.74, 6) is 0.210. The molecule has 2 saturated carbocycles. The Kier molecular flexibility index (Phi) is 5.30. The van der Waals surface area contributed by atoms with Crippen molar-refractivity contribution in [3.8, 4) is 0 Å². The third-order valence-corrected chi connectivity index (χ3v) is 5.25. The number of carbonyl (C=O) groups excluding carboxylic acids is 2. The zero-order valence-corrected chi connectivity index (χ0v) is 15.5. The number of aryl methyl sites for hydroxylation is 1. The minimum absolute atomic E-state index is 0.00117. The van der Waals surface area contributed by atoms with E-state index in [4.69, 9.17) is 0 Å². The summed E-state index contributed by atoms with van der Waals surface area (Å²) in [6.45, 7) is 2.26. The number of amides is 2. The number of nitrogens with one attached hydrogen (secondary N) is 1. The molecule has 136 valence electrons. The topological polar surface area (TPSA) is 52.7 Å². The molecule has 5 nitrogen and oxygen atoms in total. The molecule has 0 atom stereocenters. The summed E-state index contributed by atoms with van der Waals surface area (Å²) in [6, 6.07) is 6.58. The highest BCUT2D eigenvalue weighted by Crippen LogP contribution is 2.34. The Morgan fingerprint density at radius 3 is 2.28 bits per heavy atom. The molecular weight excluding hydrogens is 314 g/mol. The standard InChI is InChI=1S/C20H29N3O2/c1-14-12-15(8-11-18(14)20(25)22(2)3)21-13-19(24)23(17-9-10-17)16-6-4-5-7-16/h8,11-12,16-17,21H,4-7,9-10,13H2,1-3H3. The molecule has 2 amide bonds.